The highest BCUT2D eigenvalue weighted by atomic mass is 16.3. The van der Waals surface area contributed by atoms with Crippen molar-refractivity contribution >= 4 is 0 Å². The molecule has 1 N–H and O–H groups in total. The predicted molar refractivity (Wildman–Crippen MR) is 57.7 cm³/mol. The first-order chi connectivity index (χ1) is 7.38. The van der Waals surface area contributed by atoms with Crippen molar-refractivity contribution in [2.45, 2.75) is 44.6 Å². The minimum atomic E-state index is 0.323. The van der Waals surface area contributed by atoms with E-state index >= 15 is 0 Å². The summed E-state index contributed by atoms with van der Waals surface area (Å²) >= 11 is 0. The van der Waals surface area contributed by atoms with Gasteiger partial charge in [-0.1, -0.05) is 6.42 Å². The molecule has 0 spiro atoms. The van der Waals surface area contributed by atoms with E-state index in [2.05, 4.69) is 9.55 Å². The second-order valence-corrected chi connectivity index (χ2v) is 4.93. The van der Waals surface area contributed by atoms with Gasteiger partial charge in [-0.05, 0) is 31.6 Å². The summed E-state index contributed by atoms with van der Waals surface area (Å²) in [7, 11) is 0. The first-order valence-electron chi connectivity index (χ1n) is 6.03. The molecule has 2 heterocycles. The summed E-state index contributed by atoms with van der Waals surface area (Å²) in [6.45, 7) is 1.39. The van der Waals surface area contributed by atoms with Gasteiger partial charge in [-0.2, -0.15) is 0 Å². The molecule has 1 aromatic rings. The number of fused-ring (bicyclic) bond motifs is 1. The molecule has 0 radical (unpaired) electrons. The van der Waals surface area contributed by atoms with E-state index in [1.165, 1.54) is 30.8 Å². The van der Waals surface area contributed by atoms with E-state index in [1.54, 1.807) is 0 Å². The fraction of sp³-hybridized carbons (Fsp3) is 0.750. The van der Waals surface area contributed by atoms with Crippen LogP contribution in [0.2, 0.25) is 0 Å². The number of aliphatic hydroxyl groups is 1. The van der Waals surface area contributed by atoms with Gasteiger partial charge in [-0.25, -0.2) is 4.98 Å². The molecular weight excluding hydrogens is 188 g/mol. The van der Waals surface area contributed by atoms with Crippen LogP contribution in [0, 0.1) is 5.92 Å². The number of hydrogen-bond acceptors (Lipinski definition) is 2. The van der Waals surface area contributed by atoms with Crippen molar-refractivity contribution in [2.24, 2.45) is 5.92 Å². The SMILES string of the molecule is OCC1CCn2c(cnc2C2CCC2)C1. The highest BCUT2D eigenvalue weighted by Gasteiger charge is 2.28. The highest BCUT2D eigenvalue weighted by Crippen LogP contribution is 2.37. The second-order valence-electron chi connectivity index (χ2n) is 4.93. The second kappa shape index (κ2) is 3.63. The van der Waals surface area contributed by atoms with Crippen LogP contribution in [-0.2, 0) is 13.0 Å². The molecular formula is C12H18N2O. The van der Waals surface area contributed by atoms with E-state index < -0.39 is 0 Å². The van der Waals surface area contributed by atoms with Crippen molar-refractivity contribution < 1.29 is 5.11 Å². The lowest BCUT2D eigenvalue weighted by atomic mass is 9.84. The van der Waals surface area contributed by atoms with Gasteiger partial charge in [0.1, 0.15) is 5.82 Å². The maximum Gasteiger partial charge on any atom is 0.111 e. The minimum absolute atomic E-state index is 0.323. The van der Waals surface area contributed by atoms with E-state index in [1.807, 2.05) is 6.20 Å². The Morgan fingerprint density at radius 2 is 2.27 bits per heavy atom. The Labute approximate surface area is 90.1 Å². The van der Waals surface area contributed by atoms with Crippen LogP contribution in [0.15, 0.2) is 6.20 Å². The Balaban J connectivity index is 1.85. The maximum atomic E-state index is 9.16. The van der Waals surface area contributed by atoms with Crippen molar-refractivity contribution in [2.75, 3.05) is 6.61 Å². The Bertz CT molecular complexity index is 355. The van der Waals surface area contributed by atoms with Crippen LogP contribution in [0.1, 0.15) is 43.1 Å². The minimum Gasteiger partial charge on any atom is -0.396 e. The molecule has 3 rings (SSSR count). The molecule has 1 aliphatic carbocycles. The molecule has 3 nitrogen and oxygen atoms in total. The zero-order chi connectivity index (χ0) is 10.3. The third-order valence-electron chi connectivity index (χ3n) is 3.96. The number of imidazole rings is 1. The van der Waals surface area contributed by atoms with Gasteiger partial charge < -0.3 is 9.67 Å². The van der Waals surface area contributed by atoms with Gasteiger partial charge in [0.05, 0.1) is 0 Å². The van der Waals surface area contributed by atoms with Gasteiger partial charge in [-0.15, -0.1) is 0 Å². The van der Waals surface area contributed by atoms with E-state index in [9.17, 15) is 0 Å². The van der Waals surface area contributed by atoms with Crippen LogP contribution < -0.4 is 0 Å². The number of nitrogens with zero attached hydrogens (tertiary/aromatic N) is 2. The molecule has 82 valence electrons. The van der Waals surface area contributed by atoms with Gasteiger partial charge in [0.2, 0.25) is 0 Å². The summed E-state index contributed by atoms with van der Waals surface area (Å²) < 4.78 is 2.40. The largest absolute Gasteiger partial charge is 0.396 e. The van der Waals surface area contributed by atoms with Crippen LogP contribution in [-0.4, -0.2) is 21.3 Å². The Kier molecular flexibility index (Phi) is 2.28. The molecule has 1 atom stereocenters. The van der Waals surface area contributed by atoms with Gasteiger partial charge in [-0.3, -0.25) is 0 Å². The molecule has 3 heteroatoms. The monoisotopic (exact) mass is 206 g/mol. The molecule has 1 unspecified atom stereocenters. The first-order valence-corrected chi connectivity index (χ1v) is 6.03. The van der Waals surface area contributed by atoms with Crippen molar-refractivity contribution in [3.63, 3.8) is 0 Å². The molecule has 1 saturated carbocycles. The Morgan fingerprint density at radius 1 is 1.40 bits per heavy atom. The van der Waals surface area contributed by atoms with Crippen molar-refractivity contribution in [3.8, 4) is 0 Å². The zero-order valence-corrected chi connectivity index (χ0v) is 9.02. The molecule has 2 aliphatic rings. The number of aliphatic hydroxyl groups excluding tert-OH is 1. The molecule has 0 aromatic carbocycles. The predicted octanol–water partition coefficient (Wildman–Crippen LogP) is 1.71. The van der Waals surface area contributed by atoms with Crippen molar-refractivity contribution in [1.29, 1.82) is 0 Å². The van der Waals surface area contributed by atoms with Crippen LogP contribution in [0.5, 0.6) is 0 Å². The fourth-order valence-corrected chi connectivity index (χ4v) is 2.71. The Hall–Kier alpha value is -0.830. The van der Waals surface area contributed by atoms with Crippen LogP contribution in [0.4, 0.5) is 0 Å². The third-order valence-corrected chi connectivity index (χ3v) is 3.96. The standard InChI is InChI=1S/C12H18N2O/c15-8-9-4-5-14-11(6-9)7-13-12(14)10-2-1-3-10/h7,9-10,15H,1-6,8H2. The first kappa shape index (κ1) is 9.40. The molecule has 1 aliphatic heterocycles. The van der Waals surface area contributed by atoms with Gasteiger partial charge >= 0.3 is 0 Å². The summed E-state index contributed by atoms with van der Waals surface area (Å²) in [5, 5.41) is 9.16. The van der Waals surface area contributed by atoms with Gasteiger partial charge in [0.25, 0.3) is 0 Å². The number of aromatic nitrogens is 2. The number of rotatable bonds is 2. The summed E-state index contributed by atoms with van der Waals surface area (Å²) in [4.78, 5) is 4.57. The Morgan fingerprint density at radius 3 is 2.93 bits per heavy atom. The van der Waals surface area contributed by atoms with Gasteiger partial charge in [0.15, 0.2) is 0 Å². The van der Waals surface area contributed by atoms with E-state index in [-0.39, 0.29) is 0 Å². The average Bonchev–Trinajstić information content (AvgIpc) is 2.59. The molecule has 1 aromatic heterocycles. The summed E-state index contributed by atoms with van der Waals surface area (Å²) in [6.07, 6.45) is 8.15. The zero-order valence-electron chi connectivity index (χ0n) is 9.02. The lowest BCUT2D eigenvalue weighted by molar-refractivity contribution is 0.198. The fourth-order valence-electron chi connectivity index (χ4n) is 2.71. The van der Waals surface area contributed by atoms with E-state index in [0.29, 0.717) is 12.5 Å². The van der Waals surface area contributed by atoms with Crippen LogP contribution >= 0.6 is 0 Å². The molecule has 1 fully saturated rings. The van der Waals surface area contributed by atoms with Crippen LogP contribution in [0.3, 0.4) is 0 Å². The maximum absolute atomic E-state index is 9.16. The smallest absolute Gasteiger partial charge is 0.111 e. The third kappa shape index (κ3) is 1.49. The molecule has 0 saturated heterocycles. The topological polar surface area (TPSA) is 38.0 Å². The van der Waals surface area contributed by atoms with Crippen molar-refractivity contribution in [1.82, 2.24) is 9.55 Å². The molecule has 0 amide bonds. The lowest BCUT2D eigenvalue weighted by Crippen LogP contribution is -2.24. The normalized spacial score (nSPS) is 26.1. The van der Waals surface area contributed by atoms with Gasteiger partial charge in [0, 0.05) is 31.0 Å². The quantitative estimate of drug-likeness (QED) is 0.800. The van der Waals surface area contributed by atoms with E-state index in [4.69, 9.17) is 5.11 Å². The van der Waals surface area contributed by atoms with E-state index in [0.717, 1.165) is 25.3 Å². The van der Waals surface area contributed by atoms with Crippen LogP contribution in [0.25, 0.3) is 0 Å². The summed E-state index contributed by atoms with van der Waals surface area (Å²) in [6, 6.07) is 0. The summed E-state index contributed by atoms with van der Waals surface area (Å²) in [5.41, 5.74) is 1.34. The molecule has 0 bridgehead atoms. The van der Waals surface area contributed by atoms with Crippen molar-refractivity contribution in [3.05, 3.63) is 17.7 Å². The number of hydrogen-bond donors (Lipinski definition) is 1. The summed E-state index contributed by atoms with van der Waals surface area (Å²) in [5.74, 6) is 2.50. The highest BCUT2D eigenvalue weighted by molar-refractivity contribution is 5.14. The average molecular weight is 206 g/mol. The molecule has 15 heavy (non-hydrogen) atoms. The lowest BCUT2D eigenvalue weighted by Gasteiger charge is -2.29.